The van der Waals surface area contributed by atoms with Crippen molar-refractivity contribution in [3.8, 4) is 0 Å². The number of nitro benzene ring substituents is 2. The summed E-state index contributed by atoms with van der Waals surface area (Å²) in [4.78, 5) is 37.6. The lowest BCUT2D eigenvalue weighted by molar-refractivity contribution is -0.385. The fourth-order valence-corrected chi connectivity index (χ4v) is 5.29. The fourth-order valence-electron chi connectivity index (χ4n) is 5.29. The van der Waals surface area contributed by atoms with Gasteiger partial charge in [0.1, 0.15) is 0 Å². The van der Waals surface area contributed by atoms with E-state index in [1.54, 1.807) is 24.3 Å². The second kappa shape index (κ2) is 8.00. The van der Waals surface area contributed by atoms with Crippen molar-refractivity contribution >= 4 is 34.4 Å². The monoisotopic (exact) mass is 514 g/mol. The highest BCUT2D eigenvalue weighted by atomic mass is 16.7. The molecule has 0 radical (unpaired) electrons. The topological polar surface area (TPSA) is 136 Å². The normalized spacial score (nSPS) is 23.2. The molecule has 0 saturated heterocycles. The van der Waals surface area contributed by atoms with Gasteiger partial charge >= 0.3 is 0 Å². The highest BCUT2D eigenvalue weighted by molar-refractivity contribution is 6.17. The Hall–Kier alpha value is -5.00. The number of fused-ring (bicyclic) bond motifs is 5. The number of nitro groups is 2. The van der Waals surface area contributed by atoms with E-state index >= 15 is 0 Å². The van der Waals surface area contributed by atoms with Crippen molar-refractivity contribution in [1.29, 1.82) is 0 Å². The SMILES string of the molecule is Cc1ccc2c(c1)N1C(c3ccc([N+](=O)[O-])cc3)=NO[C@]1(C)C[C@@]1(C)ON=C(c3ccc([N+](=O)[O-])cc3)N21. The molecule has 0 bridgehead atoms. The first-order valence-corrected chi connectivity index (χ1v) is 11.8. The lowest BCUT2D eigenvalue weighted by Gasteiger charge is -2.36. The van der Waals surface area contributed by atoms with Gasteiger partial charge in [-0.3, -0.25) is 30.0 Å². The zero-order chi connectivity index (χ0) is 26.8. The van der Waals surface area contributed by atoms with Crippen LogP contribution in [-0.4, -0.2) is 33.0 Å². The predicted molar refractivity (Wildman–Crippen MR) is 139 cm³/mol. The molecule has 3 aliphatic heterocycles. The largest absolute Gasteiger partial charge is 0.365 e. The van der Waals surface area contributed by atoms with Crippen molar-refractivity contribution in [2.75, 3.05) is 9.80 Å². The maximum Gasteiger partial charge on any atom is 0.269 e. The number of rotatable bonds is 4. The van der Waals surface area contributed by atoms with Gasteiger partial charge < -0.3 is 9.68 Å². The van der Waals surface area contributed by atoms with Gasteiger partial charge in [-0.1, -0.05) is 16.4 Å². The summed E-state index contributed by atoms with van der Waals surface area (Å²) in [6.07, 6.45) is 0.313. The summed E-state index contributed by atoms with van der Waals surface area (Å²) >= 11 is 0. The van der Waals surface area contributed by atoms with Gasteiger partial charge in [0.25, 0.3) is 11.4 Å². The molecule has 12 heteroatoms. The van der Waals surface area contributed by atoms with E-state index in [1.807, 2.05) is 48.8 Å². The first-order valence-electron chi connectivity index (χ1n) is 11.8. The summed E-state index contributed by atoms with van der Waals surface area (Å²) in [5.41, 5.74) is 1.87. The van der Waals surface area contributed by atoms with Crippen LogP contribution < -0.4 is 9.80 Å². The molecule has 0 aromatic heterocycles. The number of nitrogens with zero attached hydrogens (tertiary/aromatic N) is 6. The molecule has 0 N–H and O–H groups in total. The molecule has 192 valence electrons. The predicted octanol–water partition coefficient (Wildman–Crippen LogP) is 5.04. The van der Waals surface area contributed by atoms with E-state index in [0.717, 1.165) is 16.9 Å². The molecular formula is C26H22N6O6. The molecule has 2 atom stereocenters. The van der Waals surface area contributed by atoms with Gasteiger partial charge in [-0.05, 0) is 62.7 Å². The highest BCUT2D eigenvalue weighted by Gasteiger charge is 2.58. The molecule has 3 aliphatic rings. The zero-order valence-electron chi connectivity index (χ0n) is 20.7. The number of anilines is 2. The third-order valence-electron chi connectivity index (χ3n) is 6.97. The fraction of sp³-hybridized carbons (Fsp3) is 0.231. The number of aryl methyl sites for hydroxylation is 1. The summed E-state index contributed by atoms with van der Waals surface area (Å²) in [6.45, 7) is 5.79. The third-order valence-corrected chi connectivity index (χ3v) is 6.97. The molecule has 0 aliphatic carbocycles. The molecule has 0 spiro atoms. The van der Waals surface area contributed by atoms with Gasteiger partial charge in [0.15, 0.2) is 11.7 Å². The van der Waals surface area contributed by atoms with E-state index in [9.17, 15) is 20.2 Å². The smallest absolute Gasteiger partial charge is 0.269 e. The quantitative estimate of drug-likeness (QED) is 0.349. The average molecular weight is 514 g/mol. The molecule has 3 heterocycles. The minimum Gasteiger partial charge on any atom is -0.365 e. The van der Waals surface area contributed by atoms with Gasteiger partial charge in [0.05, 0.1) is 27.6 Å². The number of non-ortho nitro benzene ring substituents is 2. The van der Waals surface area contributed by atoms with Crippen LogP contribution in [0.15, 0.2) is 77.0 Å². The number of benzene rings is 3. The van der Waals surface area contributed by atoms with Crippen LogP contribution in [0.1, 0.15) is 37.0 Å². The van der Waals surface area contributed by atoms with Crippen LogP contribution in [-0.2, 0) is 9.68 Å². The Morgan fingerprint density at radius 1 is 0.737 bits per heavy atom. The number of oxime groups is 2. The lowest BCUT2D eigenvalue weighted by atomic mass is 9.99. The van der Waals surface area contributed by atoms with E-state index in [1.165, 1.54) is 24.3 Å². The molecule has 12 nitrogen and oxygen atoms in total. The second-order valence-corrected chi connectivity index (χ2v) is 9.81. The third kappa shape index (κ3) is 3.44. The molecule has 38 heavy (non-hydrogen) atoms. The Kier molecular flexibility index (Phi) is 4.93. The summed E-state index contributed by atoms with van der Waals surface area (Å²) in [6, 6.07) is 18.3. The van der Waals surface area contributed by atoms with Crippen molar-refractivity contribution < 1.29 is 19.5 Å². The van der Waals surface area contributed by atoms with Crippen molar-refractivity contribution in [1.82, 2.24) is 0 Å². The standard InChI is InChI=1S/C26H22N6O6/c1-16-4-13-21-22(14-16)30-24(18-7-11-20(12-8-18)32(35)36)28-38-26(30,3)15-25(2)29(21)23(27-37-25)17-5-9-19(10-6-17)31(33)34/h4-14H,15H2,1-3H3/t25-,26-/m1/s1. The van der Waals surface area contributed by atoms with Gasteiger partial charge in [0.2, 0.25) is 11.4 Å². The van der Waals surface area contributed by atoms with Crippen LogP contribution in [0.5, 0.6) is 0 Å². The number of amidine groups is 2. The molecule has 3 aromatic carbocycles. The summed E-state index contributed by atoms with van der Waals surface area (Å²) < 4.78 is 0. The Morgan fingerprint density at radius 2 is 1.18 bits per heavy atom. The van der Waals surface area contributed by atoms with Gasteiger partial charge in [0, 0.05) is 35.4 Å². The van der Waals surface area contributed by atoms with Crippen LogP contribution in [0.2, 0.25) is 0 Å². The molecule has 0 unspecified atom stereocenters. The van der Waals surface area contributed by atoms with E-state index in [4.69, 9.17) is 9.68 Å². The molecular weight excluding hydrogens is 492 g/mol. The minimum atomic E-state index is -0.983. The van der Waals surface area contributed by atoms with Crippen LogP contribution in [0.25, 0.3) is 0 Å². The number of hydrogen-bond donors (Lipinski definition) is 0. The molecule has 0 amide bonds. The summed E-state index contributed by atoms with van der Waals surface area (Å²) in [5.74, 6) is 1.01. The van der Waals surface area contributed by atoms with E-state index in [-0.39, 0.29) is 11.4 Å². The average Bonchev–Trinajstić information content (AvgIpc) is 3.38. The second-order valence-electron chi connectivity index (χ2n) is 9.81. The first-order chi connectivity index (χ1) is 18.1. The van der Waals surface area contributed by atoms with Crippen molar-refractivity contribution in [3.05, 3.63) is 104 Å². The molecule has 0 fully saturated rings. The van der Waals surface area contributed by atoms with Gasteiger partial charge in [-0.2, -0.15) is 0 Å². The molecule has 6 rings (SSSR count). The van der Waals surface area contributed by atoms with Crippen molar-refractivity contribution in [2.24, 2.45) is 10.3 Å². The Balaban J connectivity index is 1.49. The zero-order valence-corrected chi connectivity index (χ0v) is 20.7. The van der Waals surface area contributed by atoms with E-state index < -0.39 is 21.3 Å². The van der Waals surface area contributed by atoms with Gasteiger partial charge in [-0.25, -0.2) is 0 Å². The molecule has 0 saturated carbocycles. The Bertz CT molecular complexity index is 1550. The summed E-state index contributed by atoms with van der Waals surface area (Å²) in [5, 5.41) is 31.2. The Morgan fingerprint density at radius 3 is 1.63 bits per heavy atom. The lowest BCUT2D eigenvalue weighted by Crippen LogP contribution is -2.53. The van der Waals surface area contributed by atoms with E-state index in [0.29, 0.717) is 29.2 Å². The first kappa shape index (κ1) is 23.4. The maximum absolute atomic E-state index is 11.2. The Labute approximate surface area is 216 Å². The van der Waals surface area contributed by atoms with Crippen LogP contribution >= 0.6 is 0 Å². The minimum absolute atomic E-state index is 0.0198. The highest BCUT2D eigenvalue weighted by Crippen LogP contribution is 2.51. The van der Waals surface area contributed by atoms with Crippen molar-refractivity contribution in [2.45, 2.75) is 38.6 Å². The van der Waals surface area contributed by atoms with Crippen LogP contribution in [0.3, 0.4) is 0 Å². The number of hydrogen-bond acceptors (Lipinski definition) is 10. The van der Waals surface area contributed by atoms with Gasteiger partial charge in [-0.15, -0.1) is 0 Å². The summed E-state index contributed by atoms with van der Waals surface area (Å²) in [7, 11) is 0. The molecule has 3 aromatic rings. The van der Waals surface area contributed by atoms with E-state index in [2.05, 4.69) is 10.3 Å². The maximum atomic E-state index is 11.2. The van der Waals surface area contributed by atoms with Crippen LogP contribution in [0.4, 0.5) is 22.7 Å². The van der Waals surface area contributed by atoms with Crippen LogP contribution in [0, 0.1) is 27.2 Å². The van der Waals surface area contributed by atoms with Crippen molar-refractivity contribution in [3.63, 3.8) is 0 Å².